The predicted molar refractivity (Wildman–Crippen MR) is 110 cm³/mol. The highest BCUT2D eigenvalue weighted by atomic mass is 32.1. The number of aromatic nitrogens is 3. The van der Waals surface area contributed by atoms with Crippen LogP contribution in [0.2, 0.25) is 0 Å². The van der Waals surface area contributed by atoms with Crippen molar-refractivity contribution in [1.82, 2.24) is 25.6 Å². The molecule has 0 bridgehead atoms. The average molecular weight is 412 g/mol. The van der Waals surface area contributed by atoms with E-state index in [4.69, 9.17) is 4.52 Å². The van der Waals surface area contributed by atoms with Gasteiger partial charge in [0.05, 0.1) is 23.5 Å². The second kappa shape index (κ2) is 7.42. The van der Waals surface area contributed by atoms with Gasteiger partial charge in [0.25, 0.3) is 5.91 Å². The number of nitrogens with zero attached hydrogens (tertiary/aromatic N) is 3. The van der Waals surface area contributed by atoms with E-state index in [0.717, 1.165) is 61.6 Å². The lowest BCUT2D eigenvalue weighted by atomic mass is 10.0. The monoisotopic (exact) mass is 411 g/mol. The number of thiophene rings is 1. The van der Waals surface area contributed by atoms with E-state index in [1.807, 2.05) is 19.2 Å². The molecule has 7 nitrogen and oxygen atoms in total. The zero-order valence-electron chi connectivity index (χ0n) is 16.8. The highest BCUT2D eigenvalue weighted by molar-refractivity contribution is 7.10. The summed E-state index contributed by atoms with van der Waals surface area (Å²) < 4.78 is 5.29. The second-order valence-electron chi connectivity index (χ2n) is 7.98. The van der Waals surface area contributed by atoms with Crippen LogP contribution in [0.25, 0.3) is 0 Å². The molecule has 1 aliphatic heterocycles. The Hall–Kier alpha value is -2.45. The third kappa shape index (κ3) is 3.40. The van der Waals surface area contributed by atoms with Crippen molar-refractivity contribution >= 4 is 17.2 Å². The summed E-state index contributed by atoms with van der Waals surface area (Å²) in [5.41, 5.74) is 7.69. The molecule has 8 heteroatoms. The van der Waals surface area contributed by atoms with Gasteiger partial charge in [-0.25, -0.2) is 0 Å². The van der Waals surface area contributed by atoms with Gasteiger partial charge >= 0.3 is 0 Å². The van der Waals surface area contributed by atoms with Gasteiger partial charge < -0.3 is 9.84 Å². The molecule has 1 aliphatic carbocycles. The molecule has 3 aromatic heterocycles. The normalized spacial score (nSPS) is 16.1. The van der Waals surface area contributed by atoms with Gasteiger partial charge in [-0.05, 0) is 50.7 Å². The van der Waals surface area contributed by atoms with Crippen molar-refractivity contribution in [2.75, 3.05) is 6.54 Å². The fourth-order valence-corrected chi connectivity index (χ4v) is 5.57. The molecule has 29 heavy (non-hydrogen) atoms. The number of aromatic amines is 1. The van der Waals surface area contributed by atoms with Crippen molar-refractivity contribution in [2.24, 2.45) is 0 Å². The van der Waals surface area contributed by atoms with Crippen LogP contribution in [-0.4, -0.2) is 32.7 Å². The van der Waals surface area contributed by atoms with E-state index in [9.17, 15) is 4.79 Å². The van der Waals surface area contributed by atoms with Crippen LogP contribution in [-0.2, 0) is 38.9 Å². The highest BCUT2D eigenvalue weighted by Crippen LogP contribution is 2.30. The quantitative estimate of drug-likeness (QED) is 0.674. The molecule has 5 rings (SSSR count). The number of hydrogen-bond donors (Lipinski definition) is 2. The minimum absolute atomic E-state index is 0.0106. The molecule has 3 aromatic rings. The number of rotatable bonds is 5. The fraction of sp³-hybridized carbons (Fsp3) is 0.476. The van der Waals surface area contributed by atoms with Crippen LogP contribution in [0.4, 0.5) is 0 Å². The van der Waals surface area contributed by atoms with Gasteiger partial charge in [0.15, 0.2) is 0 Å². The molecular formula is C21H25N5O2S. The molecule has 0 fully saturated rings. The van der Waals surface area contributed by atoms with Gasteiger partial charge in [-0.2, -0.15) is 5.10 Å². The van der Waals surface area contributed by atoms with E-state index < -0.39 is 0 Å². The summed E-state index contributed by atoms with van der Waals surface area (Å²) >= 11 is 1.69. The maximum absolute atomic E-state index is 12.8. The molecule has 0 spiro atoms. The van der Waals surface area contributed by atoms with E-state index in [-0.39, 0.29) is 5.91 Å². The molecule has 0 saturated heterocycles. The van der Waals surface area contributed by atoms with Crippen molar-refractivity contribution in [3.05, 3.63) is 55.4 Å². The summed E-state index contributed by atoms with van der Waals surface area (Å²) in [6.45, 7) is 7.08. The topological polar surface area (TPSA) is 87.1 Å². The number of carbonyl (C=O) groups excluding carboxylic acids is 1. The van der Waals surface area contributed by atoms with Crippen molar-refractivity contribution in [3.63, 3.8) is 0 Å². The first-order valence-corrected chi connectivity index (χ1v) is 11.0. The second-order valence-corrected chi connectivity index (χ2v) is 8.94. The first-order chi connectivity index (χ1) is 14.1. The first kappa shape index (κ1) is 18.6. The zero-order chi connectivity index (χ0) is 20.0. The first-order valence-electron chi connectivity index (χ1n) is 10.2. The molecule has 1 amide bonds. The molecule has 0 aromatic carbocycles. The number of nitrogens with one attached hydrogen (secondary N) is 2. The van der Waals surface area contributed by atoms with Gasteiger partial charge in [0.1, 0.15) is 5.76 Å². The van der Waals surface area contributed by atoms with Crippen molar-refractivity contribution in [1.29, 1.82) is 0 Å². The molecule has 0 unspecified atom stereocenters. The van der Waals surface area contributed by atoms with Crippen molar-refractivity contribution < 1.29 is 9.32 Å². The predicted octanol–water partition coefficient (Wildman–Crippen LogP) is 3.05. The minimum Gasteiger partial charge on any atom is -0.361 e. The fourth-order valence-electron chi connectivity index (χ4n) is 4.45. The Morgan fingerprint density at radius 3 is 3.03 bits per heavy atom. The molecule has 0 atom stereocenters. The summed E-state index contributed by atoms with van der Waals surface area (Å²) in [6.07, 6.45) is 4.19. The summed E-state index contributed by atoms with van der Waals surface area (Å²) in [7, 11) is 0. The minimum atomic E-state index is 0.0106. The van der Waals surface area contributed by atoms with Crippen LogP contribution >= 0.6 is 11.3 Å². The summed E-state index contributed by atoms with van der Waals surface area (Å²) in [4.78, 5) is 16.5. The number of carbonyl (C=O) groups is 1. The molecule has 4 heterocycles. The standard InChI is InChI=1S/C21H25N5O2S/c1-12-16(13(2)28-25-12)9-26-7-6-14-17(11-29-20(14)10-26)21(27)22-8-19-15-4-3-5-18(15)23-24-19/h11H,3-10H2,1-2H3,(H,22,27)(H,23,24). The van der Waals surface area contributed by atoms with E-state index in [1.165, 1.54) is 33.7 Å². The Morgan fingerprint density at radius 1 is 1.31 bits per heavy atom. The van der Waals surface area contributed by atoms with E-state index in [0.29, 0.717) is 6.54 Å². The van der Waals surface area contributed by atoms with Gasteiger partial charge in [-0.15, -0.1) is 11.3 Å². The summed E-state index contributed by atoms with van der Waals surface area (Å²) in [5.74, 6) is 0.904. The summed E-state index contributed by atoms with van der Waals surface area (Å²) in [6, 6.07) is 0. The number of fused-ring (bicyclic) bond motifs is 2. The number of amides is 1. The number of aryl methyl sites for hydroxylation is 3. The lowest BCUT2D eigenvalue weighted by Gasteiger charge is -2.27. The summed E-state index contributed by atoms with van der Waals surface area (Å²) in [5, 5.41) is 16.6. The van der Waals surface area contributed by atoms with E-state index >= 15 is 0 Å². The highest BCUT2D eigenvalue weighted by Gasteiger charge is 2.26. The van der Waals surface area contributed by atoms with Crippen LogP contribution in [0.15, 0.2) is 9.90 Å². The smallest absolute Gasteiger partial charge is 0.252 e. The van der Waals surface area contributed by atoms with E-state index in [1.54, 1.807) is 11.3 Å². The Balaban J connectivity index is 1.24. The Bertz CT molecular complexity index is 1040. The SMILES string of the molecule is Cc1noc(C)c1CN1CCc2c(C(=O)NCc3n[nH]c4c3CCC4)csc2C1. The van der Waals surface area contributed by atoms with Crippen molar-refractivity contribution in [2.45, 2.75) is 59.2 Å². The maximum Gasteiger partial charge on any atom is 0.252 e. The lowest BCUT2D eigenvalue weighted by molar-refractivity contribution is 0.0949. The van der Waals surface area contributed by atoms with Gasteiger partial charge in [0.2, 0.25) is 0 Å². The maximum atomic E-state index is 12.8. The molecule has 152 valence electrons. The Morgan fingerprint density at radius 2 is 2.21 bits per heavy atom. The Labute approximate surface area is 173 Å². The van der Waals surface area contributed by atoms with Gasteiger partial charge in [-0.3, -0.25) is 14.8 Å². The third-order valence-electron chi connectivity index (χ3n) is 6.14. The average Bonchev–Trinajstić information content (AvgIpc) is 3.47. The van der Waals surface area contributed by atoms with Gasteiger partial charge in [-0.1, -0.05) is 5.16 Å². The molecule has 2 N–H and O–H groups in total. The van der Waals surface area contributed by atoms with Gasteiger partial charge in [0, 0.05) is 41.1 Å². The zero-order valence-corrected chi connectivity index (χ0v) is 17.6. The lowest BCUT2D eigenvalue weighted by Crippen LogP contribution is -2.31. The van der Waals surface area contributed by atoms with Crippen LogP contribution in [0.1, 0.15) is 61.2 Å². The largest absolute Gasteiger partial charge is 0.361 e. The number of H-pyrrole nitrogens is 1. The van der Waals surface area contributed by atoms with Crippen LogP contribution < -0.4 is 5.32 Å². The number of hydrogen-bond acceptors (Lipinski definition) is 6. The van der Waals surface area contributed by atoms with Crippen LogP contribution in [0.5, 0.6) is 0 Å². The molecule has 0 radical (unpaired) electrons. The Kier molecular flexibility index (Phi) is 4.75. The van der Waals surface area contributed by atoms with Crippen LogP contribution in [0.3, 0.4) is 0 Å². The molecule has 2 aliphatic rings. The third-order valence-corrected chi connectivity index (χ3v) is 7.16. The van der Waals surface area contributed by atoms with E-state index in [2.05, 4.69) is 25.6 Å². The van der Waals surface area contributed by atoms with Crippen molar-refractivity contribution in [3.8, 4) is 0 Å². The molecule has 0 saturated carbocycles. The van der Waals surface area contributed by atoms with Crippen LogP contribution in [0, 0.1) is 13.8 Å². The molecular weight excluding hydrogens is 386 g/mol.